The van der Waals surface area contributed by atoms with E-state index in [4.69, 9.17) is 5.73 Å². The Bertz CT molecular complexity index is 489. The minimum absolute atomic E-state index is 0.135. The molecule has 21 heavy (non-hydrogen) atoms. The lowest BCUT2D eigenvalue weighted by Crippen LogP contribution is -2.46. The lowest BCUT2D eigenvalue weighted by Gasteiger charge is -2.24. The molecule has 0 spiro atoms. The fourth-order valence-corrected chi connectivity index (χ4v) is 2.75. The number of thioether (sulfide) groups is 1. The predicted octanol–water partition coefficient (Wildman–Crippen LogP) is 1.65. The van der Waals surface area contributed by atoms with Crippen molar-refractivity contribution in [2.45, 2.75) is 36.7 Å². The molecule has 0 unspecified atom stereocenters. The largest absolute Gasteiger partial charge is 0.469 e. The van der Waals surface area contributed by atoms with Crippen LogP contribution in [-0.2, 0) is 14.3 Å². The SMILES string of the molecule is COC(=O)CCC[C@@](O)(CSc1ccc(C)cc1)C(N)=O. The highest BCUT2D eigenvalue weighted by molar-refractivity contribution is 7.99. The van der Waals surface area contributed by atoms with Crippen molar-refractivity contribution in [2.24, 2.45) is 5.73 Å². The van der Waals surface area contributed by atoms with Gasteiger partial charge in [0, 0.05) is 17.1 Å². The number of rotatable bonds is 8. The number of carbonyl (C=O) groups excluding carboxylic acids is 2. The maximum absolute atomic E-state index is 11.5. The Morgan fingerprint density at radius 1 is 1.33 bits per heavy atom. The number of aliphatic hydroxyl groups is 1. The molecule has 0 radical (unpaired) electrons. The van der Waals surface area contributed by atoms with Crippen LogP contribution in [0.1, 0.15) is 24.8 Å². The Kier molecular flexibility index (Phi) is 6.71. The molecule has 1 atom stereocenters. The Labute approximate surface area is 128 Å². The highest BCUT2D eigenvalue weighted by Crippen LogP contribution is 2.26. The maximum atomic E-state index is 11.5. The molecular weight excluding hydrogens is 290 g/mol. The molecule has 1 aromatic carbocycles. The van der Waals surface area contributed by atoms with Crippen molar-refractivity contribution >= 4 is 23.6 Å². The zero-order valence-electron chi connectivity index (χ0n) is 12.3. The molecular formula is C15H21NO4S. The van der Waals surface area contributed by atoms with E-state index in [1.54, 1.807) is 0 Å². The van der Waals surface area contributed by atoms with Gasteiger partial charge in [0.25, 0.3) is 0 Å². The summed E-state index contributed by atoms with van der Waals surface area (Å²) in [6.45, 7) is 1.99. The standard InChI is InChI=1S/C15H21NO4S/c1-11-5-7-12(8-6-11)21-10-15(19,14(16)18)9-3-4-13(17)20-2/h5-8,19H,3-4,9-10H2,1-2H3,(H2,16,18)/t15-/m1/s1. The third kappa shape index (κ3) is 5.77. The average molecular weight is 311 g/mol. The van der Waals surface area contributed by atoms with Crippen LogP contribution in [0.2, 0.25) is 0 Å². The first-order chi connectivity index (χ1) is 9.87. The molecule has 116 valence electrons. The topological polar surface area (TPSA) is 89.6 Å². The molecule has 0 aliphatic carbocycles. The van der Waals surface area contributed by atoms with Crippen LogP contribution in [0.25, 0.3) is 0 Å². The molecule has 3 N–H and O–H groups in total. The molecule has 0 heterocycles. The lowest BCUT2D eigenvalue weighted by atomic mass is 9.98. The third-order valence-electron chi connectivity index (χ3n) is 3.16. The number of aryl methyl sites for hydroxylation is 1. The Morgan fingerprint density at radius 2 is 1.95 bits per heavy atom. The monoisotopic (exact) mass is 311 g/mol. The second-order valence-electron chi connectivity index (χ2n) is 4.93. The second-order valence-corrected chi connectivity index (χ2v) is 5.98. The smallest absolute Gasteiger partial charge is 0.305 e. The minimum atomic E-state index is -1.62. The fourth-order valence-electron chi connectivity index (χ4n) is 1.73. The van der Waals surface area contributed by atoms with Crippen molar-refractivity contribution in [2.75, 3.05) is 12.9 Å². The van der Waals surface area contributed by atoms with Gasteiger partial charge in [0.15, 0.2) is 5.60 Å². The van der Waals surface area contributed by atoms with Gasteiger partial charge in [-0.1, -0.05) is 17.7 Å². The number of hydrogen-bond acceptors (Lipinski definition) is 5. The van der Waals surface area contributed by atoms with Crippen molar-refractivity contribution < 1.29 is 19.4 Å². The first-order valence-electron chi connectivity index (χ1n) is 6.66. The summed E-state index contributed by atoms with van der Waals surface area (Å²) in [6.07, 6.45) is 0.637. The second kappa shape index (κ2) is 8.05. The van der Waals surface area contributed by atoms with E-state index in [1.807, 2.05) is 31.2 Å². The van der Waals surface area contributed by atoms with Crippen LogP contribution in [0.4, 0.5) is 0 Å². The van der Waals surface area contributed by atoms with Gasteiger partial charge in [-0.15, -0.1) is 11.8 Å². The van der Waals surface area contributed by atoms with E-state index >= 15 is 0 Å². The summed E-state index contributed by atoms with van der Waals surface area (Å²) in [5.41, 5.74) is 4.81. The van der Waals surface area contributed by atoms with Gasteiger partial charge in [0.2, 0.25) is 5.91 Å². The number of esters is 1. The molecule has 0 aliphatic heterocycles. The molecule has 1 aromatic rings. The van der Waals surface area contributed by atoms with Crippen molar-refractivity contribution in [3.8, 4) is 0 Å². The summed E-state index contributed by atoms with van der Waals surface area (Å²) in [5, 5.41) is 10.3. The Hall–Kier alpha value is -1.53. The van der Waals surface area contributed by atoms with Crippen LogP contribution in [-0.4, -0.2) is 35.4 Å². The van der Waals surface area contributed by atoms with Gasteiger partial charge in [-0.2, -0.15) is 0 Å². The van der Waals surface area contributed by atoms with E-state index in [-0.39, 0.29) is 24.6 Å². The van der Waals surface area contributed by atoms with Gasteiger partial charge in [0.1, 0.15) is 0 Å². The van der Waals surface area contributed by atoms with Crippen LogP contribution < -0.4 is 5.73 Å². The number of amides is 1. The van der Waals surface area contributed by atoms with Crippen LogP contribution in [0.5, 0.6) is 0 Å². The molecule has 1 rings (SSSR count). The lowest BCUT2D eigenvalue weighted by molar-refractivity contribution is -0.142. The van der Waals surface area contributed by atoms with Gasteiger partial charge < -0.3 is 15.6 Å². The molecule has 1 amide bonds. The predicted molar refractivity (Wildman–Crippen MR) is 81.9 cm³/mol. The number of benzene rings is 1. The van der Waals surface area contributed by atoms with Gasteiger partial charge in [-0.05, 0) is 31.9 Å². The number of hydrogen-bond donors (Lipinski definition) is 2. The molecule has 6 heteroatoms. The summed E-state index contributed by atoms with van der Waals surface area (Å²) >= 11 is 1.36. The molecule has 0 fully saturated rings. The number of methoxy groups -OCH3 is 1. The highest BCUT2D eigenvalue weighted by Gasteiger charge is 2.33. The summed E-state index contributed by atoms with van der Waals surface area (Å²) in [6, 6.07) is 7.78. The molecule has 0 aliphatic rings. The van der Waals surface area contributed by atoms with Crippen LogP contribution in [0.3, 0.4) is 0 Å². The zero-order valence-corrected chi connectivity index (χ0v) is 13.1. The normalized spacial score (nSPS) is 13.5. The van der Waals surface area contributed by atoms with E-state index in [2.05, 4.69) is 4.74 Å². The summed E-state index contributed by atoms with van der Waals surface area (Å²) in [7, 11) is 1.30. The van der Waals surface area contributed by atoms with E-state index in [0.29, 0.717) is 6.42 Å². The zero-order chi connectivity index (χ0) is 15.9. The summed E-state index contributed by atoms with van der Waals surface area (Å²) in [4.78, 5) is 23.5. The van der Waals surface area contributed by atoms with Crippen LogP contribution >= 0.6 is 11.8 Å². The first kappa shape index (κ1) is 17.5. The van der Waals surface area contributed by atoms with Gasteiger partial charge in [0.05, 0.1) is 7.11 Å². The Balaban J connectivity index is 2.57. The van der Waals surface area contributed by atoms with Crippen molar-refractivity contribution in [1.82, 2.24) is 0 Å². The van der Waals surface area contributed by atoms with E-state index < -0.39 is 11.5 Å². The summed E-state index contributed by atoms with van der Waals surface area (Å²) in [5.74, 6) is -0.980. The van der Waals surface area contributed by atoms with Crippen LogP contribution in [0, 0.1) is 6.92 Å². The molecule has 0 saturated heterocycles. The van der Waals surface area contributed by atoms with E-state index in [0.717, 1.165) is 10.5 Å². The molecule has 0 saturated carbocycles. The van der Waals surface area contributed by atoms with Gasteiger partial charge >= 0.3 is 5.97 Å². The molecule has 5 nitrogen and oxygen atoms in total. The summed E-state index contributed by atoms with van der Waals surface area (Å²) < 4.78 is 4.52. The van der Waals surface area contributed by atoms with Crippen molar-refractivity contribution in [1.29, 1.82) is 0 Å². The number of ether oxygens (including phenoxy) is 1. The van der Waals surface area contributed by atoms with E-state index in [9.17, 15) is 14.7 Å². The third-order valence-corrected chi connectivity index (χ3v) is 4.38. The first-order valence-corrected chi connectivity index (χ1v) is 7.64. The molecule has 0 bridgehead atoms. The maximum Gasteiger partial charge on any atom is 0.305 e. The number of carbonyl (C=O) groups is 2. The average Bonchev–Trinajstić information content (AvgIpc) is 2.46. The minimum Gasteiger partial charge on any atom is -0.469 e. The van der Waals surface area contributed by atoms with Gasteiger partial charge in [-0.25, -0.2) is 0 Å². The highest BCUT2D eigenvalue weighted by atomic mass is 32.2. The van der Waals surface area contributed by atoms with E-state index in [1.165, 1.54) is 18.9 Å². The van der Waals surface area contributed by atoms with Crippen molar-refractivity contribution in [3.63, 3.8) is 0 Å². The quantitative estimate of drug-likeness (QED) is 0.563. The van der Waals surface area contributed by atoms with Gasteiger partial charge in [-0.3, -0.25) is 9.59 Å². The number of primary amides is 1. The molecule has 0 aromatic heterocycles. The van der Waals surface area contributed by atoms with Crippen molar-refractivity contribution in [3.05, 3.63) is 29.8 Å². The number of nitrogens with two attached hydrogens (primary N) is 1. The fraction of sp³-hybridized carbons (Fsp3) is 0.467. The Morgan fingerprint density at radius 3 is 2.48 bits per heavy atom. The van der Waals surface area contributed by atoms with Crippen LogP contribution in [0.15, 0.2) is 29.2 Å².